The van der Waals surface area contributed by atoms with Crippen molar-refractivity contribution >= 4 is 22.6 Å². The predicted octanol–water partition coefficient (Wildman–Crippen LogP) is 3.24. The number of nitrogens with one attached hydrogen (secondary N) is 1. The Morgan fingerprint density at radius 2 is 1.96 bits per heavy atom. The molecule has 0 spiro atoms. The van der Waals surface area contributed by atoms with Gasteiger partial charge in [-0.05, 0) is 31.5 Å². The molecule has 3 aromatic rings. The molecule has 0 amide bonds. The number of halogens is 5. The maximum Gasteiger partial charge on any atom is 0.397 e. The predicted molar refractivity (Wildman–Crippen MR) is 89.9 cm³/mol. The first-order valence-corrected chi connectivity index (χ1v) is 7.94. The summed E-state index contributed by atoms with van der Waals surface area (Å²) in [7, 11) is 0. The normalized spacial score (nSPS) is 13.1. The smallest absolute Gasteiger partial charge is 0.273 e. The minimum absolute atomic E-state index is 0.205. The average Bonchev–Trinajstić information content (AvgIpc) is 2.56. The van der Waals surface area contributed by atoms with Gasteiger partial charge in [0.05, 0.1) is 22.7 Å². The Balaban J connectivity index is 2.50. The van der Waals surface area contributed by atoms with Gasteiger partial charge in [-0.2, -0.15) is 13.2 Å². The van der Waals surface area contributed by atoms with Crippen LogP contribution in [0.15, 0.2) is 27.9 Å². The number of nitrogens with zero attached hydrogens (tertiary/aromatic N) is 3. The van der Waals surface area contributed by atoms with Gasteiger partial charge in [-0.15, -0.1) is 0 Å². The molecule has 0 radical (unpaired) electrons. The summed E-state index contributed by atoms with van der Waals surface area (Å²) >= 11 is 5.66. The molecule has 0 aromatic carbocycles. The first-order valence-electron chi connectivity index (χ1n) is 7.56. The number of rotatable bonds is 2. The van der Waals surface area contributed by atoms with Crippen LogP contribution in [0.4, 0.5) is 17.6 Å². The van der Waals surface area contributed by atoms with E-state index in [1.165, 1.54) is 19.2 Å². The molecular weight excluding hydrogens is 392 g/mol. The topological polar surface area (TPSA) is 80.6 Å². The van der Waals surface area contributed by atoms with Crippen molar-refractivity contribution in [2.45, 2.75) is 25.9 Å². The maximum atomic E-state index is 13.7. The lowest BCUT2D eigenvalue weighted by molar-refractivity contribution is -0.147. The minimum atomic E-state index is -4.63. The summed E-state index contributed by atoms with van der Waals surface area (Å²) in [6.07, 6.45) is -3.45. The fraction of sp³-hybridized carbons (Fsp3) is 0.250. The molecule has 3 rings (SSSR count). The number of hydrogen-bond acceptors (Lipinski definition) is 4. The third kappa shape index (κ3) is 3.20. The third-order valence-corrected chi connectivity index (χ3v) is 4.34. The average molecular weight is 403 g/mol. The molecule has 0 fully saturated rings. The molecule has 3 aromatic heterocycles. The number of hydrogen-bond donors (Lipinski definition) is 1. The fourth-order valence-corrected chi connectivity index (χ4v) is 2.79. The molecule has 1 atom stereocenters. The van der Waals surface area contributed by atoms with E-state index in [2.05, 4.69) is 9.97 Å². The molecule has 6 nitrogen and oxygen atoms in total. The molecular formula is C16H11ClF4N4O2. The molecule has 1 unspecified atom stereocenters. The highest BCUT2D eigenvalue weighted by molar-refractivity contribution is 6.29. The van der Waals surface area contributed by atoms with Gasteiger partial charge in [0.2, 0.25) is 0 Å². The van der Waals surface area contributed by atoms with Crippen LogP contribution < -0.4 is 11.2 Å². The molecule has 1 N–H and O–H groups in total. The standard InChI is InChI=1S/C16H11ClF4N4O2/c1-6-3-4-22-10(7(2)16(19,20)21)11(6)25-13-8(14(26)24-15(25)27)5-9(18)12(17)23-13/h3-5,7H,1-2H3,(H,24,26,27). The van der Waals surface area contributed by atoms with Crippen LogP contribution in [-0.4, -0.2) is 25.7 Å². The van der Waals surface area contributed by atoms with Gasteiger partial charge in [0.15, 0.2) is 16.6 Å². The van der Waals surface area contributed by atoms with E-state index in [1.807, 2.05) is 4.98 Å². The largest absolute Gasteiger partial charge is 0.397 e. The quantitative estimate of drug-likeness (QED) is 0.527. The summed E-state index contributed by atoms with van der Waals surface area (Å²) in [5.74, 6) is -3.02. The zero-order valence-corrected chi connectivity index (χ0v) is 14.6. The second-order valence-corrected chi connectivity index (χ2v) is 6.21. The summed E-state index contributed by atoms with van der Waals surface area (Å²) in [4.78, 5) is 33.9. The van der Waals surface area contributed by atoms with Crippen LogP contribution in [0, 0.1) is 12.7 Å². The Bertz CT molecular complexity index is 1170. The number of aryl methyl sites for hydroxylation is 1. The zero-order valence-electron chi connectivity index (χ0n) is 13.9. The van der Waals surface area contributed by atoms with Gasteiger partial charge in [0.1, 0.15) is 0 Å². The van der Waals surface area contributed by atoms with Crippen molar-refractivity contribution in [2.75, 3.05) is 0 Å². The summed E-state index contributed by atoms with van der Waals surface area (Å²) in [5.41, 5.74) is -2.74. The summed E-state index contributed by atoms with van der Waals surface area (Å²) in [5, 5.41) is -0.974. The maximum absolute atomic E-state index is 13.7. The van der Waals surface area contributed by atoms with Crippen molar-refractivity contribution in [3.05, 3.63) is 61.4 Å². The highest BCUT2D eigenvalue weighted by Gasteiger charge is 2.40. The summed E-state index contributed by atoms with van der Waals surface area (Å²) in [6.45, 7) is 2.36. The molecule has 11 heteroatoms. The fourth-order valence-electron chi connectivity index (χ4n) is 2.65. The summed E-state index contributed by atoms with van der Waals surface area (Å²) < 4.78 is 54.3. The third-order valence-electron chi connectivity index (χ3n) is 4.07. The van der Waals surface area contributed by atoms with Gasteiger partial charge in [0.25, 0.3) is 5.56 Å². The van der Waals surface area contributed by atoms with Gasteiger partial charge >= 0.3 is 11.9 Å². The Labute approximate surface area is 153 Å². The molecule has 0 saturated carbocycles. The number of H-pyrrole nitrogens is 1. The van der Waals surface area contributed by atoms with Gasteiger partial charge in [-0.1, -0.05) is 11.6 Å². The van der Waals surface area contributed by atoms with Gasteiger partial charge < -0.3 is 0 Å². The van der Waals surface area contributed by atoms with Crippen molar-refractivity contribution in [1.82, 2.24) is 19.5 Å². The number of fused-ring (bicyclic) bond motifs is 1. The van der Waals surface area contributed by atoms with E-state index >= 15 is 0 Å². The van der Waals surface area contributed by atoms with Crippen LogP contribution in [0.2, 0.25) is 5.15 Å². The van der Waals surface area contributed by atoms with Crippen LogP contribution in [0.3, 0.4) is 0 Å². The molecule has 0 saturated heterocycles. The monoisotopic (exact) mass is 402 g/mol. The van der Waals surface area contributed by atoms with E-state index in [4.69, 9.17) is 11.6 Å². The van der Waals surface area contributed by atoms with Crippen LogP contribution >= 0.6 is 11.6 Å². The molecule has 0 aliphatic rings. The van der Waals surface area contributed by atoms with Crippen molar-refractivity contribution in [3.8, 4) is 5.69 Å². The zero-order chi connectivity index (χ0) is 20.1. The number of alkyl halides is 3. The summed E-state index contributed by atoms with van der Waals surface area (Å²) in [6, 6.07) is 2.16. The van der Waals surface area contributed by atoms with E-state index in [-0.39, 0.29) is 22.3 Å². The number of aromatic nitrogens is 4. The van der Waals surface area contributed by atoms with Crippen LogP contribution in [0.5, 0.6) is 0 Å². The molecule has 0 aliphatic carbocycles. The number of aromatic amines is 1. The lowest BCUT2D eigenvalue weighted by atomic mass is 10.0. The molecule has 0 bridgehead atoms. The van der Waals surface area contributed by atoms with E-state index in [0.717, 1.165) is 17.6 Å². The lowest BCUT2D eigenvalue weighted by Gasteiger charge is -2.21. The van der Waals surface area contributed by atoms with E-state index in [0.29, 0.717) is 0 Å². The van der Waals surface area contributed by atoms with E-state index in [9.17, 15) is 27.2 Å². The van der Waals surface area contributed by atoms with Gasteiger partial charge in [-0.3, -0.25) is 14.8 Å². The SMILES string of the molecule is Cc1ccnc(C(C)C(F)(F)F)c1-n1c(=O)[nH]c(=O)c2cc(F)c(Cl)nc21. The van der Waals surface area contributed by atoms with E-state index in [1.54, 1.807) is 0 Å². The molecule has 142 valence electrons. The van der Waals surface area contributed by atoms with Gasteiger partial charge in [-0.25, -0.2) is 18.7 Å². The Kier molecular flexibility index (Phi) is 4.54. The molecule has 3 heterocycles. The molecule has 0 aliphatic heterocycles. The van der Waals surface area contributed by atoms with Gasteiger partial charge in [0, 0.05) is 6.20 Å². The second-order valence-electron chi connectivity index (χ2n) is 5.85. The molecule has 27 heavy (non-hydrogen) atoms. The van der Waals surface area contributed by atoms with Crippen molar-refractivity contribution in [3.63, 3.8) is 0 Å². The van der Waals surface area contributed by atoms with Crippen molar-refractivity contribution in [2.24, 2.45) is 0 Å². The lowest BCUT2D eigenvalue weighted by Crippen LogP contribution is -2.32. The van der Waals surface area contributed by atoms with Crippen molar-refractivity contribution in [1.29, 1.82) is 0 Å². The Morgan fingerprint density at radius 1 is 1.30 bits per heavy atom. The number of pyridine rings is 2. The highest BCUT2D eigenvalue weighted by atomic mass is 35.5. The van der Waals surface area contributed by atoms with Crippen LogP contribution in [0.1, 0.15) is 24.1 Å². The Hall–Kier alpha value is -2.75. The van der Waals surface area contributed by atoms with Crippen LogP contribution in [0.25, 0.3) is 16.7 Å². The van der Waals surface area contributed by atoms with E-state index < -0.39 is 40.0 Å². The van der Waals surface area contributed by atoms with Crippen LogP contribution in [-0.2, 0) is 0 Å². The van der Waals surface area contributed by atoms with Crippen molar-refractivity contribution < 1.29 is 17.6 Å². The minimum Gasteiger partial charge on any atom is -0.273 e. The first-order chi connectivity index (χ1) is 12.5. The first kappa shape index (κ1) is 19.0. The Morgan fingerprint density at radius 3 is 2.59 bits per heavy atom. The highest BCUT2D eigenvalue weighted by Crippen LogP contribution is 2.37. The second kappa shape index (κ2) is 6.45.